The summed E-state index contributed by atoms with van der Waals surface area (Å²) in [5.74, 6) is 0. The number of hydrogen-bond acceptors (Lipinski definition) is 1. The van der Waals surface area contributed by atoms with Gasteiger partial charge < -0.3 is 5.11 Å². The number of halogens is 2. The molecule has 0 aromatic heterocycles. The molecule has 0 aliphatic rings. The maximum Gasteiger partial charge on any atom is 0.146 e. The van der Waals surface area contributed by atoms with Crippen LogP contribution in [0.3, 0.4) is 0 Å². The average molecular weight is 227 g/mol. The highest BCUT2D eigenvalue weighted by Gasteiger charge is 2.39. The van der Waals surface area contributed by atoms with Gasteiger partial charge in [0.1, 0.15) is 4.33 Å². The summed E-state index contributed by atoms with van der Waals surface area (Å²) in [6.45, 7) is 5.45. The van der Waals surface area contributed by atoms with Gasteiger partial charge in [0, 0.05) is 0 Å². The van der Waals surface area contributed by atoms with E-state index >= 15 is 0 Å². The van der Waals surface area contributed by atoms with Crippen molar-refractivity contribution in [2.75, 3.05) is 0 Å². The predicted octanol–water partition coefficient (Wildman–Crippen LogP) is 3.90. The molecule has 0 amide bonds. The van der Waals surface area contributed by atoms with Crippen molar-refractivity contribution in [1.82, 2.24) is 0 Å². The summed E-state index contributed by atoms with van der Waals surface area (Å²) in [5.41, 5.74) is -1.03. The van der Waals surface area contributed by atoms with E-state index in [1.165, 1.54) is 12.8 Å². The number of hydrogen-bond donors (Lipinski definition) is 1. The van der Waals surface area contributed by atoms with Gasteiger partial charge in [0.25, 0.3) is 0 Å². The quantitative estimate of drug-likeness (QED) is 0.539. The van der Waals surface area contributed by atoms with Crippen LogP contribution in [0.4, 0.5) is 0 Å². The summed E-state index contributed by atoms with van der Waals surface area (Å²) >= 11 is 12.0. The van der Waals surface area contributed by atoms with Gasteiger partial charge in [-0.25, -0.2) is 0 Å². The topological polar surface area (TPSA) is 20.2 Å². The van der Waals surface area contributed by atoms with Crippen LogP contribution in [-0.4, -0.2) is 15.0 Å². The maximum absolute atomic E-state index is 9.64. The molecule has 80 valence electrons. The van der Waals surface area contributed by atoms with Gasteiger partial charge in [-0.2, -0.15) is 0 Å². The molecule has 3 heteroatoms. The van der Waals surface area contributed by atoms with Crippen molar-refractivity contribution in [2.24, 2.45) is 0 Å². The van der Waals surface area contributed by atoms with Crippen molar-refractivity contribution >= 4 is 23.2 Å². The van der Waals surface area contributed by atoms with E-state index in [0.717, 1.165) is 12.8 Å². The zero-order valence-corrected chi connectivity index (χ0v) is 10.3. The zero-order valence-electron chi connectivity index (χ0n) is 8.74. The molecule has 0 saturated carbocycles. The fourth-order valence-electron chi connectivity index (χ4n) is 1.08. The molecule has 13 heavy (non-hydrogen) atoms. The minimum Gasteiger partial charge on any atom is -0.387 e. The first-order chi connectivity index (χ1) is 5.81. The third-order valence-corrected chi connectivity index (χ3v) is 3.54. The highest BCUT2D eigenvalue weighted by atomic mass is 35.5. The van der Waals surface area contributed by atoms with Gasteiger partial charge in [-0.15, -0.1) is 0 Å². The van der Waals surface area contributed by atoms with E-state index in [9.17, 15) is 5.11 Å². The molecule has 0 aromatic rings. The summed E-state index contributed by atoms with van der Waals surface area (Å²) in [6, 6.07) is 0. The standard InChI is InChI=1S/C10H20Cl2O/c1-4-5-6-7-8-10(11,12)9(2,3)13/h13H,4-8H2,1-3H3. The van der Waals surface area contributed by atoms with Crippen LogP contribution in [0.2, 0.25) is 0 Å². The Bertz CT molecular complexity index is 138. The van der Waals surface area contributed by atoms with Crippen LogP contribution in [0.1, 0.15) is 52.9 Å². The van der Waals surface area contributed by atoms with Crippen LogP contribution >= 0.6 is 23.2 Å². The third kappa shape index (κ3) is 5.09. The van der Waals surface area contributed by atoms with Gasteiger partial charge in [-0.05, 0) is 20.3 Å². The lowest BCUT2D eigenvalue weighted by atomic mass is 9.98. The minimum atomic E-state index is -1.03. The molecule has 0 rings (SSSR count). The van der Waals surface area contributed by atoms with Crippen LogP contribution in [0.25, 0.3) is 0 Å². The van der Waals surface area contributed by atoms with Gasteiger partial charge in [0.2, 0.25) is 0 Å². The summed E-state index contributed by atoms with van der Waals surface area (Å²) in [7, 11) is 0. The second-order valence-corrected chi connectivity index (χ2v) is 5.56. The summed E-state index contributed by atoms with van der Waals surface area (Å²) in [4.78, 5) is 0. The van der Waals surface area contributed by atoms with Gasteiger partial charge in [-0.1, -0.05) is 55.8 Å². The first kappa shape index (κ1) is 13.5. The van der Waals surface area contributed by atoms with Crippen LogP contribution in [0, 0.1) is 0 Å². The molecule has 0 spiro atoms. The van der Waals surface area contributed by atoms with Crippen LogP contribution in [0.15, 0.2) is 0 Å². The molecule has 0 bridgehead atoms. The molecule has 0 heterocycles. The van der Waals surface area contributed by atoms with Gasteiger partial charge >= 0.3 is 0 Å². The van der Waals surface area contributed by atoms with Crippen molar-refractivity contribution in [3.8, 4) is 0 Å². The Labute approximate surface area is 91.4 Å². The normalized spacial score (nSPS) is 13.4. The third-order valence-electron chi connectivity index (χ3n) is 2.24. The molecule has 0 atom stereocenters. The Morgan fingerprint density at radius 3 is 2.00 bits per heavy atom. The molecule has 0 unspecified atom stereocenters. The molecule has 0 aliphatic heterocycles. The van der Waals surface area contributed by atoms with Gasteiger partial charge in [0.05, 0.1) is 5.60 Å². The second kappa shape index (κ2) is 5.43. The van der Waals surface area contributed by atoms with E-state index in [1.807, 2.05) is 0 Å². The Morgan fingerprint density at radius 2 is 1.62 bits per heavy atom. The smallest absolute Gasteiger partial charge is 0.146 e. The number of unbranched alkanes of at least 4 members (excludes halogenated alkanes) is 3. The number of aliphatic hydroxyl groups is 1. The largest absolute Gasteiger partial charge is 0.387 e. The molecule has 0 saturated heterocycles. The number of alkyl halides is 2. The van der Waals surface area contributed by atoms with E-state index in [2.05, 4.69) is 6.92 Å². The van der Waals surface area contributed by atoms with E-state index in [-0.39, 0.29) is 0 Å². The SMILES string of the molecule is CCCCCCC(Cl)(Cl)C(C)(C)O. The van der Waals surface area contributed by atoms with E-state index in [0.29, 0.717) is 6.42 Å². The Morgan fingerprint density at radius 1 is 1.08 bits per heavy atom. The van der Waals surface area contributed by atoms with Crippen molar-refractivity contribution in [3.05, 3.63) is 0 Å². The van der Waals surface area contributed by atoms with Crippen molar-refractivity contribution in [3.63, 3.8) is 0 Å². The average Bonchev–Trinajstić information content (AvgIpc) is 1.96. The Balaban J connectivity index is 3.77. The predicted molar refractivity (Wildman–Crippen MR) is 59.5 cm³/mol. The molecule has 0 radical (unpaired) electrons. The van der Waals surface area contributed by atoms with Gasteiger partial charge in [-0.3, -0.25) is 0 Å². The first-order valence-corrected chi connectivity index (χ1v) is 5.67. The van der Waals surface area contributed by atoms with Crippen molar-refractivity contribution in [1.29, 1.82) is 0 Å². The second-order valence-electron chi connectivity index (χ2n) is 4.07. The lowest BCUT2D eigenvalue weighted by Gasteiger charge is -2.32. The summed E-state index contributed by atoms with van der Waals surface area (Å²) in [6.07, 6.45) is 5.16. The van der Waals surface area contributed by atoms with E-state index in [4.69, 9.17) is 23.2 Å². The molecular formula is C10H20Cl2O. The van der Waals surface area contributed by atoms with Crippen molar-refractivity contribution < 1.29 is 5.11 Å². The fraction of sp³-hybridized carbons (Fsp3) is 1.00. The Kier molecular flexibility index (Phi) is 5.65. The molecule has 1 nitrogen and oxygen atoms in total. The maximum atomic E-state index is 9.64. The molecule has 0 aliphatic carbocycles. The summed E-state index contributed by atoms with van der Waals surface area (Å²) < 4.78 is -1.01. The van der Waals surface area contributed by atoms with Gasteiger partial charge in [0.15, 0.2) is 0 Å². The molecule has 1 N–H and O–H groups in total. The highest BCUT2D eigenvalue weighted by molar-refractivity contribution is 6.49. The molecule has 0 aromatic carbocycles. The lowest BCUT2D eigenvalue weighted by Crippen LogP contribution is -2.40. The molecule has 0 fully saturated rings. The molecular weight excluding hydrogens is 207 g/mol. The van der Waals surface area contributed by atoms with Crippen LogP contribution < -0.4 is 0 Å². The lowest BCUT2D eigenvalue weighted by molar-refractivity contribution is 0.0581. The van der Waals surface area contributed by atoms with Crippen LogP contribution in [0.5, 0.6) is 0 Å². The van der Waals surface area contributed by atoms with E-state index < -0.39 is 9.93 Å². The fourth-order valence-corrected chi connectivity index (χ4v) is 1.35. The minimum absolute atomic E-state index is 0.652. The van der Waals surface area contributed by atoms with E-state index in [1.54, 1.807) is 13.8 Å². The Hall–Kier alpha value is 0.540. The first-order valence-electron chi connectivity index (χ1n) is 4.91. The highest BCUT2D eigenvalue weighted by Crippen LogP contribution is 2.38. The van der Waals surface area contributed by atoms with Crippen molar-refractivity contribution in [2.45, 2.75) is 62.8 Å². The zero-order chi connectivity index (χ0) is 10.5. The van der Waals surface area contributed by atoms with Crippen LogP contribution in [-0.2, 0) is 0 Å². The monoisotopic (exact) mass is 226 g/mol. The number of rotatable bonds is 6. The summed E-state index contributed by atoms with van der Waals surface area (Å²) in [5, 5.41) is 9.64.